The second-order valence-electron chi connectivity index (χ2n) is 3.90. The summed E-state index contributed by atoms with van der Waals surface area (Å²) in [6.07, 6.45) is 0. The molecule has 7 heteroatoms. The number of nitro groups is 1. The van der Waals surface area contributed by atoms with E-state index in [2.05, 4.69) is 21.2 Å². The molecule has 20 heavy (non-hydrogen) atoms. The molecule has 0 amide bonds. The molecule has 0 unspecified atom stereocenters. The van der Waals surface area contributed by atoms with Crippen molar-refractivity contribution in [3.8, 4) is 0 Å². The van der Waals surface area contributed by atoms with Crippen LogP contribution in [0.1, 0.15) is 10.4 Å². The number of aromatic carboxylic acids is 1. The highest BCUT2D eigenvalue weighted by molar-refractivity contribution is 9.10. The number of benzene rings is 2. The van der Waals surface area contributed by atoms with Crippen molar-refractivity contribution in [1.29, 1.82) is 0 Å². The summed E-state index contributed by atoms with van der Waals surface area (Å²) in [6.45, 7) is 0. The Morgan fingerprint density at radius 3 is 2.60 bits per heavy atom. The van der Waals surface area contributed by atoms with Gasteiger partial charge in [0.1, 0.15) is 5.69 Å². The molecule has 0 spiro atoms. The minimum absolute atomic E-state index is 0.0766. The van der Waals surface area contributed by atoms with Crippen LogP contribution in [-0.4, -0.2) is 16.0 Å². The number of carbonyl (C=O) groups is 1. The van der Waals surface area contributed by atoms with Crippen molar-refractivity contribution in [2.45, 2.75) is 0 Å². The van der Waals surface area contributed by atoms with Gasteiger partial charge in [0, 0.05) is 16.2 Å². The molecule has 0 fully saturated rings. The van der Waals surface area contributed by atoms with Gasteiger partial charge in [-0.3, -0.25) is 10.1 Å². The lowest BCUT2D eigenvalue weighted by atomic mass is 10.2. The van der Waals surface area contributed by atoms with Crippen molar-refractivity contribution in [3.05, 3.63) is 62.6 Å². The van der Waals surface area contributed by atoms with Gasteiger partial charge >= 0.3 is 5.97 Å². The molecule has 0 aliphatic heterocycles. The second-order valence-corrected chi connectivity index (χ2v) is 4.75. The zero-order valence-corrected chi connectivity index (χ0v) is 11.6. The smallest absolute Gasteiger partial charge is 0.336 e. The quantitative estimate of drug-likeness (QED) is 0.654. The van der Waals surface area contributed by atoms with E-state index in [1.165, 1.54) is 12.1 Å². The second kappa shape index (κ2) is 5.70. The molecule has 2 rings (SSSR count). The average Bonchev–Trinajstić information content (AvgIpc) is 2.41. The number of nitrogens with one attached hydrogen (secondary N) is 1. The van der Waals surface area contributed by atoms with E-state index in [9.17, 15) is 14.9 Å². The van der Waals surface area contributed by atoms with Gasteiger partial charge in [-0.15, -0.1) is 0 Å². The summed E-state index contributed by atoms with van der Waals surface area (Å²) in [6, 6.07) is 10.8. The monoisotopic (exact) mass is 336 g/mol. The molecule has 2 aromatic carbocycles. The fraction of sp³-hybridized carbons (Fsp3) is 0. The Balaban J connectivity index is 2.38. The topological polar surface area (TPSA) is 92.5 Å². The zero-order valence-electron chi connectivity index (χ0n) is 10.0. The normalized spacial score (nSPS) is 10.1. The van der Waals surface area contributed by atoms with Gasteiger partial charge in [-0.05, 0) is 40.2 Å². The Labute approximate surface area is 122 Å². The Kier molecular flexibility index (Phi) is 3.99. The van der Waals surface area contributed by atoms with Crippen LogP contribution in [-0.2, 0) is 0 Å². The molecule has 0 aliphatic rings. The number of hydrogen-bond donors (Lipinski definition) is 2. The fourth-order valence-electron chi connectivity index (χ4n) is 1.66. The summed E-state index contributed by atoms with van der Waals surface area (Å²) in [5, 5.41) is 22.8. The first-order chi connectivity index (χ1) is 9.49. The summed E-state index contributed by atoms with van der Waals surface area (Å²) in [4.78, 5) is 21.4. The number of rotatable bonds is 4. The largest absolute Gasteiger partial charge is 0.478 e. The number of halogens is 1. The van der Waals surface area contributed by atoms with Crippen LogP contribution < -0.4 is 5.32 Å². The minimum atomic E-state index is -1.08. The highest BCUT2D eigenvalue weighted by Gasteiger charge is 2.14. The van der Waals surface area contributed by atoms with Crippen LogP contribution in [0, 0.1) is 10.1 Å². The third-order valence-corrected chi connectivity index (χ3v) is 3.27. The molecule has 0 atom stereocenters. The van der Waals surface area contributed by atoms with E-state index in [0.29, 0.717) is 15.8 Å². The van der Waals surface area contributed by atoms with E-state index in [1.807, 2.05) is 0 Å². The van der Waals surface area contributed by atoms with Crippen LogP contribution >= 0.6 is 15.9 Å². The predicted octanol–water partition coefficient (Wildman–Crippen LogP) is 3.80. The van der Waals surface area contributed by atoms with Gasteiger partial charge in [0.05, 0.1) is 10.5 Å². The first-order valence-electron chi connectivity index (χ1n) is 5.52. The SMILES string of the molecule is O=C(O)c1cc(Nc2ccccc2[N+](=O)[O-])ccc1Br. The van der Waals surface area contributed by atoms with Gasteiger partial charge in [-0.1, -0.05) is 12.1 Å². The van der Waals surface area contributed by atoms with Crippen LogP contribution in [0.3, 0.4) is 0 Å². The summed E-state index contributed by atoms with van der Waals surface area (Å²) in [5.74, 6) is -1.08. The maximum absolute atomic E-state index is 11.0. The van der Waals surface area contributed by atoms with Crippen molar-refractivity contribution >= 4 is 39.0 Å². The highest BCUT2D eigenvalue weighted by Crippen LogP contribution is 2.29. The van der Waals surface area contributed by atoms with E-state index in [1.54, 1.807) is 30.3 Å². The van der Waals surface area contributed by atoms with E-state index in [-0.39, 0.29) is 11.3 Å². The van der Waals surface area contributed by atoms with E-state index in [4.69, 9.17) is 5.11 Å². The predicted molar refractivity (Wildman–Crippen MR) is 77.5 cm³/mol. The molecule has 0 saturated heterocycles. The first kappa shape index (κ1) is 14.0. The molecule has 0 bridgehead atoms. The summed E-state index contributed by atoms with van der Waals surface area (Å²) < 4.78 is 0.443. The molecule has 0 aromatic heterocycles. The molecule has 102 valence electrons. The summed E-state index contributed by atoms with van der Waals surface area (Å²) in [7, 11) is 0. The van der Waals surface area contributed by atoms with Crippen LogP contribution in [0.15, 0.2) is 46.9 Å². The number of carboxylic acid groups (broad SMARTS) is 1. The van der Waals surface area contributed by atoms with Gasteiger partial charge in [0.2, 0.25) is 0 Å². The van der Waals surface area contributed by atoms with Crippen LogP contribution in [0.2, 0.25) is 0 Å². The standard InChI is InChI=1S/C13H9BrN2O4/c14-10-6-5-8(7-9(10)13(17)18)15-11-3-1-2-4-12(11)16(19)20/h1-7,15H,(H,17,18). The molecule has 6 nitrogen and oxygen atoms in total. The van der Waals surface area contributed by atoms with E-state index >= 15 is 0 Å². The number of nitro benzene ring substituents is 1. The maximum atomic E-state index is 11.0. The lowest BCUT2D eigenvalue weighted by Crippen LogP contribution is -2.01. The molecule has 0 radical (unpaired) electrons. The van der Waals surface area contributed by atoms with Crippen molar-refractivity contribution < 1.29 is 14.8 Å². The minimum Gasteiger partial charge on any atom is -0.478 e. The fourth-order valence-corrected chi connectivity index (χ4v) is 2.08. The highest BCUT2D eigenvalue weighted by atomic mass is 79.9. The molecule has 0 heterocycles. The molecule has 0 saturated carbocycles. The maximum Gasteiger partial charge on any atom is 0.336 e. The molecule has 2 aromatic rings. The van der Waals surface area contributed by atoms with Crippen molar-refractivity contribution in [1.82, 2.24) is 0 Å². The molecule has 2 N–H and O–H groups in total. The van der Waals surface area contributed by atoms with Crippen LogP contribution in [0.5, 0.6) is 0 Å². The molecule has 0 aliphatic carbocycles. The summed E-state index contributed by atoms with van der Waals surface area (Å²) >= 11 is 3.14. The number of nitrogens with zero attached hydrogens (tertiary/aromatic N) is 1. The van der Waals surface area contributed by atoms with Crippen molar-refractivity contribution in [2.24, 2.45) is 0 Å². The van der Waals surface area contributed by atoms with E-state index in [0.717, 1.165) is 0 Å². The van der Waals surface area contributed by atoms with Gasteiger partial charge in [-0.2, -0.15) is 0 Å². The van der Waals surface area contributed by atoms with Crippen LogP contribution in [0.4, 0.5) is 17.1 Å². The Morgan fingerprint density at radius 1 is 1.25 bits per heavy atom. The van der Waals surface area contributed by atoms with Gasteiger partial charge < -0.3 is 10.4 Å². The zero-order chi connectivity index (χ0) is 14.7. The molecular weight excluding hydrogens is 328 g/mol. The first-order valence-corrected chi connectivity index (χ1v) is 6.31. The lowest BCUT2D eigenvalue weighted by Gasteiger charge is -2.08. The number of para-hydroxylation sites is 2. The van der Waals surface area contributed by atoms with Gasteiger partial charge in [0.25, 0.3) is 5.69 Å². The van der Waals surface area contributed by atoms with Crippen molar-refractivity contribution in [3.63, 3.8) is 0 Å². The lowest BCUT2D eigenvalue weighted by molar-refractivity contribution is -0.383. The Morgan fingerprint density at radius 2 is 1.95 bits per heavy atom. The van der Waals surface area contributed by atoms with Gasteiger partial charge in [0.15, 0.2) is 0 Å². The Bertz CT molecular complexity index is 688. The van der Waals surface area contributed by atoms with Crippen molar-refractivity contribution in [2.75, 3.05) is 5.32 Å². The van der Waals surface area contributed by atoms with Gasteiger partial charge in [-0.25, -0.2) is 4.79 Å². The Hall–Kier alpha value is -2.41. The number of anilines is 2. The number of carboxylic acids is 1. The van der Waals surface area contributed by atoms with E-state index < -0.39 is 10.9 Å². The summed E-state index contributed by atoms with van der Waals surface area (Å²) in [5.41, 5.74) is 0.761. The number of hydrogen-bond acceptors (Lipinski definition) is 4. The molecular formula is C13H9BrN2O4. The van der Waals surface area contributed by atoms with Crippen LogP contribution in [0.25, 0.3) is 0 Å². The third-order valence-electron chi connectivity index (χ3n) is 2.58. The average molecular weight is 337 g/mol. The third kappa shape index (κ3) is 2.94.